The molecule has 1 aromatic heterocycles. The van der Waals surface area contributed by atoms with E-state index in [0.29, 0.717) is 34.0 Å². The van der Waals surface area contributed by atoms with Gasteiger partial charge >= 0.3 is 0 Å². The molecule has 0 radical (unpaired) electrons. The van der Waals surface area contributed by atoms with Gasteiger partial charge in [0, 0.05) is 11.9 Å². The second kappa shape index (κ2) is 7.07. The summed E-state index contributed by atoms with van der Waals surface area (Å²) < 4.78 is 13.4. The number of aliphatic hydroxyl groups excluding tert-OH is 1. The van der Waals surface area contributed by atoms with E-state index in [1.165, 1.54) is 12.1 Å². The third-order valence-corrected chi connectivity index (χ3v) is 3.70. The molecule has 2 aromatic carbocycles. The minimum absolute atomic E-state index is 0.306. The summed E-state index contributed by atoms with van der Waals surface area (Å²) in [6.07, 6.45) is 0.539. The quantitative estimate of drug-likeness (QED) is 0.761. The lowest BCUT2D eigenvalue weighted by molar-refractivity contribution is 0.214. The van der Waals surface area contributed by atoms with E-state index in [1.54, 1.807) is 49.5 Å². The molecule has 1 atom stereocenters. The Morgan fingerprint density at radius 3 is 2.64 bits per heavy atom. The lowest BCUT2D eigenvalue weighted by Crippen LogP contribution is -2.08. The van der Waals surface area contributed by atoms with Gasteiger partial charge < -0.3 is 10.4 Å². The Labute approximate surface area is 144 Å². The van der Waals surface area contributed by atoms with Gasteiger partial charge in [-0.1, -0.05) is 12.1 Å². The summed E-state index contributed by atoms with van der Waals surface area (Å²) >= 11 is 0. The number of nitrogens with one attached hydrogen (secondary N) is 1. The summed E-state index contributed by atoms with van der Waals surface area (Å²) in [4.78, 5) is 8.55. The molecule has 3 aromatic rings. The van der Waals surface area contributed by atoms with E-state index in [2.05, 4.69) is 15.3 Å². The van der Waals surface area contributed by atoms with E-state index < -0.39 is 11.9 Å². The summed E-state index contributed by atoms with van der Waals surface area (Å²) in [6.45, 7) is 1.78. The number of aromatic nitrogens is 2. The molecule has 0 aliphatic carbocycles. The molecule has 1 unspecified atom stereocenters. The predicted octanol–water partition coefficient (Wildman–Crippen LogP) is 3.62. The summed E-state index contributed by atoms with van der Waals surface area (Å²) in [5.41, 5.74) is 2.79. The van der Waals surface area contributed by atoms with Crippen LogP contribution in [0.5, 0.6) is 0 Å². The van der Waals surface area contributed by atoms with Crippen LogP contribution in [0.15, 0.2) is 54.7 Å². The van der Waals surface area contributed by atoms with Crippen LogP contribution in [0, 0.1) is 24.1 Å². The number of rotatable bonds is 4. The third kappa shape index (κ3) is 3.79. The highest BCUT2D eigenvalue weighted by Gasteiger charge is 2.16. The number of halogens is 1. The molecule has 0 spiro atoms. The summed E-state index contributed by atoms with van der Waals surface area (Å²) in [5, 5.41) is 22.4. The summed E-state index contributed by atoms with van der Waals surface area (Å²) in [6, 6.07) is 14.7. The van der Waals surface area contributed by atoms with Crippen molar-refractivity contribution in [3.63, 3.8) is 0 Å². The zero-order valence-corrected chi connectivity index (χ0v) is 13.4. The molecule has 0 amide bonds. The van der Waals surface area contributed by atoms with Crippen LogP contribution in [0.2, 0.25) is 0 Å². The second-order valence-corrected chi connectivity index (χ2v) is 5.53. The fraction of sp³-hybridized carbons (Fsp3) is 0.105. The van der Waals surface area contributed by atoms with Crippen molar-refractivity contribution in [2.24, 2.45) is 0 Å². The number of nitrogens with zero attached hydrogens (tertiary/aromatic N) is 3. The monoisotopic (exact) mass is 334 g/mol. The van der Waals surface area contributed by atoms with Gasteiger partial charge in [-0.2, -0.15) is 5.26 Å². The maximum atomic E-state index is 13.4. The standard InChI is InChI=1S/C19H15FN4O/c1-12-11-22-19(23-16-7-5-13(10-21)6-8-16)24-17(12)18(25)14-3-2-4-15(20)9-14/h2-9,11,18,25H,1H3,(H,22,23,24). The molecular weight excluding hydrogens is 319 g/mol. The highest BCUT2D eigenvalue weighted by atomic mass is 19.1. The Bertz CT molecular complexity index is 935. The van der Waals surface area contributed by atoms with Gasteiger partial charge in [0.15, 0.2) is 0 Å². The average Bonchev–Trinajstić information content (AvgIpc) is 2.63. The number of aryl methyl sites for hydroxylation is 1. The molecule has 3 rings (SSSR count). The Morgan fingerprint density at radius 2 is 1.96 bits per heavy atom. The van der Waals surface area contributed by atoms with Gasteiger partial charge in [-0.05, 0) is 54.4 Å². The Balaban J connectivity index is 1.88. The molecule has 25 heavy (non-hydrogen) atoms. The van der Waals surface area contributed by atoms with Gasteiger partial charge in [-0.25, -0.2) is 14.4 Å². The van der Waals surface area contributed by atoms with Crippen molar-refractivity contribution in [3.8, 4) is 6.07 Å². The van der Waals surface area contributed by atoms with Crippen LogP contribution in [0.25, 0.3) is 0 Å². The van der Waals surface area contributed by atoms with Gasteiger partial charge in [0.2, 0.25) is 5.95 Å². The number of nitriles is 1. The minimum atomic E-state index is -1.06. The summed E-state index contributed by atoms with van der Waals surface area (Å²) in [7, 11) is 0. The van der Waals surface area contributed by atoms with E-state index in [0.717, 1.165) is 0 Å². The minimum Gasteiger partial charge on any atom is -0.382 e. The van der Waals surface area contributed by atoms with Crippen molar-refractivity contribution >= 4 is 11.6 Å². The first-order chi connectivity index (χ1) is 12.1. The van der Waals surface area contributed by atoms with E-state index in [1.807, 2.05) is 6.07 Å². The first kappa shape index (κ1) is 16.6. The molecule has 0 saturated carbocycles. The molecule has 6 heteroatoms. The van der Waals surface area contributed by atoms with E-state index >= 15 is 0 Å². The highest BCUT2D eigenvalue weighted by Crippen LogP contribution is 2.25. The van der Waals surface area contributed by atoms with Crippen molar-refractivity contribution in [2.45, 2.75) is 13.0 Å². The number of aliphatic hydroxyl groups is 1. The Kier molecular flexibility index (Phi) is 4.68. The molecule has 0 aliphatic rings. The number of hydrogen-bond donors (Lipinski definition) is 2. The number of hydrogen-bond acceptors (Lipinski definition) is 5. The fourth-order valence-electron chi connectivity index (χ4n) is 2.38. The van der Waals surface area contributed by atoms with Crippen molar-refractivity contribution in [2.75, 3.05) is 5.32 Å². The van der Waals surface area contributed by atoms with Crippen LogP contribution >= 0.6 is 0 Å². The Hall–Kier alpha value is -3.30. The molecule has 0 aliphatic heterocycles. The first-order valence-corrected chi connectivity index (χ1v) is 7.61. The van der Waals surface area contributed by atoms with Crippen LogP contribution in [0.1, 0.15) is 28.5 Å². The van der Waals surface area contributed by atoms with Crippen molar-refractivity contribution < 1.29 is 9.50 Å². The lowest BCUT2D eigenvalue weighted by atomic mass is 10.0. The van der Waals surface area contributed by atoms with Gasteiger partial charge in [-0.3, -0.25) is 0 Å². The Morgan fingerprint density at radius 1 is 1.20 bits per heavy atom. The van der Waals surface area contributed by atoms with Crippen LogP contribution in [0.4, 0.5) is 16.0 Å². The normalized spacial score (nSPS) is 11.6. The van der Waals surface area contributed by atoms with Crippen molar-refractivity contribution in [1.82, 2.24) is 9.97 Å². The van der Waals surface area contributed by atoms with Crippen LogP contribution in [-0.2, 0) is 0 Å². The maximum absolute atomic E-state index is 13.4. The maximum Gasteiger partial charge on any atom is 0.227 e. The van der Waals surface area contributed by atoms with Crippen LogP contribution in [0.3, 0.4) is 0 Å². The highest BCUT2D eigenvalue weighted by molar-refractivity contribution is 5.55. The lowest BCUT2D eigenvalue weighted by Gasteiger charge is -2.14. The van der Waals surface area contributed by atoms with Gasteiger partial charge in [0.05, 0.1) is 17.3 Å². The molecule has 0 fully saturated rings. The predicted molar refractivity (Wildman–Crippen MR) is 91.7 cm³/mol. The zero-order valence-electron chi connectivity index (χ0n) is 13.4. The molecule has 1 heterocycles. The van der Waals surface area contributed by atoms with E-state index in [-0.39, 0.29) is 0 Å². The zero-order chi connectivity index (χ0) is 17.8. The molecule has 0 bridgehead atoms. The average molecular weight is 334 g/mol. The SMILES string of the molecule is Cc1cnc(Nc2ccc(C#N)cc2)nc1C(O)c1cccc(F)c1. The molecule has 2 N–H and O–H groups in total. The topological polar surface area (TPSA) is 81.8 Å². The van der Waals surface area contributed by atoms with Gasteiger partial charge in [-0.15, -0.1) is 0 Å². The summed E-state index contributed by atoms with van der Waals surface area (Å²) in [5.74, 6) is -0.111. The molecule has 0 saturated heterocycles. The smallest absolute Gasteiger partial charge is 0.227 e. The van der Waals surface area contributed by atoms with E-state index in [4.69, 9.17) is 5.26 Å². The van der Waals surface area contributed by atoms with Crippen molar-refractivity contribution in [1.29, 1.82) is 5.26 Å². The van der Waals surface area contributed by atoms with Crippen LogP contribution in [-0.4, -0.2) is 15.1 Å². The number of benzene rings is 2. The molecule has 124 valence electrons. The van der Waals surface area contributed by atoms with Crippen LogP contribution < -0.4 is 5.32 Å². The second-order valence-electron chi connectivity index (χ2n) is 5.53. The first-order valence-electron chi connectivity index (χ1n) is 7.61. The van der Waals surface area contributed by atoms with Gasteiger partial charge in [0.25, 0.3) is 0 Å². The number of anilines is 2. The molecule has 5 nitrogen and oxygen atoms in total. The largest absolute Gasteiger partial charge is 0.382 e. The molecular formula is C19H15FN4O. The van der Waals surface area contributed by atoms with Gasteiger partial charge in [0.1, 0.15) is 11.9 Å². The fourth-order valence-corrected chi connectivity index (χ4v) is 2.38. The van der Waals surface area contributed by atoms with E-state index in [9.17, 15) is 9.50 Å². The van der Waals surface area contributed by atoms with Crippen molar-refractivity contribution in [3.05, 3.63) is 82.9 Å². The third-order valence-electron chi connectivity index (χ3n) is 3.70.